The number of likely N-dealkylation sites (tertiary alicyclic amines) is 1. The van der Waals surface area contributed by atoms with E-state index in [9.17, 15) is 14.0 Å². The molecule has 4 N–H and O–H groups in total. The van der Waals surface area contributed by atoms with E-state index in [0.717, 1.165) is 43.6 Å². The monoisotopic (exact) mass is 398 g/mol. The van der Waals surface area contributed by atoms with Crippen molar-refractivity contribution < 1.29 is 14.0 Å². The van der Waals surface area contributed by atoms with Crippen LogP contribution in [0.1, 0.15) is 34.3 Å². The van der Waals surface area contributed by atoms with Crippen LogP contribution in [0.3, 0.4) is 0 Å². The number of rotatable bonds is 7. The summed E-state index contributed by atoms with van der Waals surface area (Å²) in [4.78, 5) is 25.7. The highest BCUT2D eigenvalue weighted by atomic mass is 19.1. The highest BCUT2D eigenvalue weighted by molar-refractivity contribution is 5.92. The van der Waals surface area contributed by atoms with Gasteiger partial charge in [0.25, 0.3) is 0 Å². The van der Waals surface area contributed by atoms with Crippen LogP contribution in [0.2, 0.25) is 0 Å². The molecule has 1 aliphatic heterocycles. The van der Waals surface area contributed by atoms with Crippen LogP contribution in [-0.4, -0.2) is 42.5 Å². The summed E-state index contributed by atoms with van der Waals surface area (Å²) in [7, 11) is 0. The normalized spacial score (nSPS) is 15.1. The lowest BCUT2D eigenvalue weighted by atomic mass is 10.0. The Morgan fingerprint density at radius 1 is 1.07 bits per heavy atom. The van der Waals surface area contributed by atoms with E-state index in [1.54, 1.807) is 18.2 Å². The van der Waals surface area contributed by atoms with Gasteiger partial charge in [0, 0.05) is 37.8 Å². The number of hydrogen-bond donors (Lipinski definition) is 3. The fourth-order valence-corrected chi connectivity index (χ4v) is 3.52. The predicted octanol–water partition coefficient (Wildman–Crippen LogP) is 2.43. The van der Waals surface area contributed by atoms with Crippen LogP contribution in [0.25, 0.3) is 0 Å². The van der Waals surface area contributed by atoms with Gasteiger partial charge in [0.2, 0.25) is 5.91 Å². The highest BCUT2D eigenvalue weighted by Crippen LogP contribution is 2.14. The zero-order valence-corrected chi connectivity index (χ0v) is 16.4. The van der Waals surface area contributed by atoms with E-state index in [2.05, 4.69) is 15.5 Å². The van der Waals surface area contributed by atoms with Crippen LogP contribution in [-0.2, 0) is 13.0 Å². The third kappa shape index (κ3) is 6.57. The average Bonchev–Trinajstić information content (AvgIpc) is 2.71. The van der Waals surface area contributed by atoms with Gasteiger partial charge in [-0.15, -0.1) is 0 Å². The molecule has 0 saturated carbocycles. The van der Waals surface area contributed by atoms with Gasteiger partial charge in [-0.25, -0.2) is 9.18 Å². The largest absolute Gasteiger partial charge is 0.366 e. The smallest absolute Gasteiger partial charge is 0.315 e. The van der Waals surface area contributed by atoms with E-state index in [1.807, 2.05) is 18.2 Å². The van der Waals surface area contributed by atoms with Gasteiger partial charge in [0.1, 0.15) is 5.82 Å². The van der Waals surface area contributed by atoms with Gasteiger partial charge in [-0.2, -0.15) is 0 Å². The molecule has 3 rings (SSSR count). The molecule has 29 heavy (non-hydrogen) atoms. The number of halogens is 1. The summed E-state index contributed by atoms with van der Waals surface area (Å²) >= 11 is 0. The fourth-order valence-electron chi connectivity index (χ4n) is 3.52. The minimum absolute atomic E-state index is 0.151. The maximum absolute atomic E-state index is 13.0. The van der Waals surface area contributed by atoms with E-state index in [0.29, 0.717) is 18.5 Å². The van der Waals surface area contributed by atoms with Crippen LogP contribution in [0.5, 0.6) is 0 Å². The second-order valence-electron chi connectivity index (χ2n) is 7.39. The molecule has 0 unspecified atom stereocenters. The van der Waals surface area contributed by atoms with Crippen molar-refractivity contribution in [2.75, 3.05) is 19.6 Å². The first-order chi connectivity index (χ1) is 14.0. The predicted molar refractivity (Wildman–Crippen MR) is 110 cm³/mol. The second kappa shape index (κ2) is 10.0. The lowest BCUT2D eigenvalue weighted by Gasteiger charge is -2.32. The molecule has 0 bridgehead atoms. The van der Waals surface area contributed by atoms with Crippen LogP contribution >= 0.6 is 0 Å². The van der Waals surface area contributed by atoms with Crippen LogP contribution < -0.4 is 16.4 Å². The molecule has 0 aromatic heterocycles. The number of carbonyl (C=O) groups excluding carboxylic acids is 2. The first kappa shape index (κ1) is 20.8. The molecular formula is C22H27FN4O2. The van der Waals surface area contributed by atoms with Crippen molar-refractivity contribution in [1.82, 2.24) is 15.5 Å². The van der Waals surface area contributed by atoms with Gasteiger partial charge >= 0.3 is 6.03 Å². The molecule has 6 nitrogen and oxygen atoms in total. The zero-order chi connectivity index (χ0) is 20.6. The van der Waals surface area contributed by atoms with Gasteiger partial charge in [-0.05, 0) is 54.7 Å². The topological polar surface area (TPSA) is 87.5 Å². The third-order valence-electron chi connectivity index (χ3n) is 5.15. The van der Waals surface area contributed by atoms with E-state index in [1.165, 1.54) is 12.1 Å². The lowest BCUT2D eigenvalue weighted by Crippen LogP contribution is -2.48. The summed E-state index contributed by atoms with van der Waals surface area (Å²) in [5.41, 5.74) is 7.80. The number of amides is 3. The molecule has 7 heteroatoms. The summed E-state index contributed by atoms with van der Waals surface area (Å²) in [5.74, 6) is -0.674. The van der Waals surface area contributed by atoms with E-state index in [-0.39, 0.29) is 17.9 Å². The molecule has 1 heterocycles. The number of nitrogens with two attached hydrogens (primary N) is 1. The summed E-state index contributed by atoms with van der Waals surface area (Å²) in [6.07, 6.45) is 2.40. The van der Waals surface area contributed by atoms with Gasteiger partial charge < -0.3 is 16.4 Å². The Labute approximate surface area is 170 Å². The molecule has 154 valence electrons. The molecule has 2 aromatic carbocycles. The Morgan fingerprint density at radius 3 is 2.48 bits per heavy atom. The zero-order valence-electron chi connectivity index (χ0n) is 16.4. The van der Waals surface area contributed by atoms with E-state index >= 15 is 0 Å². The first-order valence-electron chi connectivity index (χ1n) is 9.89. The Morgan fingerprint density at radius 2 is 1.79 bits per heavy atom. The Bertz CT molecular complexity index is 833. The maximum Gasteiger partial charge on any atom is 0.315 e. The standard InChI is InChI=1S/C22H27FN4O2/c23-19-6-4-17(5-7-19)15-27-12-9-20(10-13-27)26-22(29)25-11-8-16-2-1-3-18(14-16)21(24)28/h1-7,14,20H,8-13,15H2,(H2,24,28)(H2,25,26,29). The Hall–Kier alpha value is -2.93. The molecular weight excluding hydrogens is 371 g/mol. The van der Waals surface area contributed by atoms with Crippen LogP contribution in [0.4, 0.5) is 9.18 Å². The molecule has 0 radical (unpaired) electrons. The van der Waals surface area contributed by atoms with Crippen molar-refractivity contribution in [3.05, 3.63) is 71.0 Å². The maximum atomic E-state index is 13.0. The van der Waals surface area contributed by atoms with Crippen LogP contribution in [0.15, 0.2) is 48.5 Å². The van der Waals surface area contributed by atoms with Gasteiger partial charge in [-0.1, -0.05) is 24.3 Å². The number of nitrogens with one attached hydrogen (secondary N) is 2. The van der Waals surface area contributed by atoms with Crippen molar-refractivity contribution in [2.45, 2.75) is 31.8 Å². The third-order valence-corrected chi connectivity index (χ3v) is 5.15. The quantitative estimate of drug-likeness (QED) is 0.669. The van der Waals surface area contributed by atoms with Crippen LogP contribution in [0, 0.1) is 5.82 Å². The molecule has 1 fully saturated rings. The minimum atomic E-state index is -0.455. The summed E-state index contributed by atoms with van der Waals surface area (Å²) in [6, 6.07) is 13.7. The van der Waals surface area contributed by atoms with Crippen molar-refractivity contribution in [3.63, 3.8) is 0 Å². The summed E-state index contributed by atoms with van der Waals surface area (Å²) in [5, 5.41) is 5.89. The van der Waals surface area contributed by atoms with Gasteiger partial charge in [-0.3, -0.25) is 9.69 Å². The van der Waals surface area contributed by atoms with Crippen molar-refractivity contribution >= 4 is 11.9 Å². The Kier molecular flexibility index (Phi) is 7.19. The number of hydrogen-bond acceptors (Lipinski definition) is 3. The van der Waals surface area contributed by atoms with Crippen molar-refractivity contribution in [1.29, 1.82) is 0 Å². The van der Waals surface area contributed by atoms with Crippen molar-refractivity contribution in [3.8, 4) is 0 Å². The first-order valence-corrected chi connectivity index (χ1v) is 9.89. The minimum Gasteiger partial charge on any atom is -0.366 e. The SMILES string of the molecule is NC(=O)c1cccc(CCNC(=O)NC2CCN(Cc3ccc(F)cc3)CC2)c1. The number of urea groups is 1. The molecule has 1 aliphatic rings. The van der Waals surface area contributed by atoms with E-state index < -0.39 is 5.91 Å². The number of nitrogens with zero attached hydrogens (tertiary/aromatic N) is 1. The van der Waals surface area contributed by atoms with Gasteiger partial charge in [0.05, 0.1) is 0 Å². The highest BCUT2D eigenvalue weighted by Gasteiger charge is 2.20. The number of benzene rings is 2. The fraction of sp³-hybridized carbons (Fsp3) is 0.364. The molecule has 0 atom stereocenters. The van der Waals surface area contributed by atoms with Gasteiger partial charge in [0.15, 0.2) is 0 Å². The molecule has 0 spiro atoms. The Balaban J connectivity index is 1.35. The summed E-state index contributed by atoms with van der Waals surface area (Å²) < 4.78 is 13.0. The van der Waals surface area contributed by atoms with E-state index in [4.69, 9.17) is 5.73 Å². The number of carbonyl (C=O) groups is 2. The molecule has 3 amide bonds. The van der Waals surface area contributed by atoms with Crippen molar-refractivity contribution in [2.24, 2.45) is 5.73 Å². The average molecular weight is 398 g/mol. The molecule has 1 saturated heterocycles. The second-order valence-corrected chi connectivity index (χ2v) is 7.39. The number of piperidine rings is 1. The molecule has 0 aliphatic carbocycles. The lowest BCUT2D eigenvalue weighted by molar-refractivity contribution is 0.1000. The molecule has 2 aromatic rings. The number of primary amides is 1. The summed E-state index contributed by atoms with van der Waals surface area (Å²) in [6.45, 7) is 3.06.